The summed E-state index contributed by atoms with van der Waals surface area (Å²) < 4.78 is 15.5. The van der Waals surface area contributed by atoms with E-state index in [1.54, 1.807) is 0 Å². The fourth-order valence-electron chi connectivity index (χ4n) is 8.53. The molecule has 256 valence electrons. The average Bonchev–Trinajstić information content (AvgIpc) is 3.93. The molecule has 0 aliphatic heterocycles. The van der Waals surface area contributed by atoms with Crippen LogP contribution in [0.15, 0.2) is 185 Å². The predicted octanol–water partition coefficient (Wildman–Crippen LogP) is 13.5. The van der Waals surface area contributed by atoms with Crippen molar-refractivity contribution >= 4 is 76.6 Å². The first-order valence-corrected chi connectivity index (χ1v) is 18.5. The number of aromatic nitrogens is 3. The van der Waals surface area contributed by atoms with Crippen LogP contribution in [0.2, 0.25) is 0 Å². The molecular formula is C50H29N3O2. The second-order valence-corrected chi connectivity index (χ2v) is 14.1. The normalized spacial score (nSPS) is 12.0. The third kappa shape index (κ3) is 4.41. The molecule has 5 nitrogen and oxygen atoms in total. The lowest BCUT2D eigenvalue weighted by Gasteiger charge is -2.11. The second kappa shape index (κ2) is 11.5. The van der Waals surface area contributed by atoms with Gasteiger partial charge in [0.05, 0.1) is 27.6 Å². The Labute approximate surface area is 314 Å². The van der Waals surface area contributed by atoms with Gasteiger partial charge in [-0.25, -0.2) is 9.97 Å². The summed E-state index contributed by atoms with van der Waals surface area (Å²) in [6, 6.07) is 61.2. The molecule has 0 saturated carbocycles. The maximum Gasteiger partial charge on any atom is 0.235 e. The van der Waals surface area contributed by atoms with Crippen LogP contribution in [-0.2, 0) is 0 Å². The van der Waals surface area contributed by atoms with Gasteiger partial charge >= 0.3 is 0 Å². The number of fused-ring (bicyclic) bond motifs is 11. The van der Waals surface area contributed by atoms with Gasteiger partial charge in [-0.1, -0.05) is 146 Å². The van der Waals surface area contributed by atoms with Crippen LogP contribution in [0.5, 0.6) is 0 Å². The summed E-state index contributed by atoms with van der Waals surface area (Å²) in [5.74, 6) is 0.623. The zero-order valence-corrected chi connectivity index (χ0v) is 29.4. The number of hydrogen-bond acceptors (Lipinski definition) is 4. The number of rotatable bonds is 4. The van der Waals surface area contributed by atoms with E-state index in [2.05, 4.69) is 150 Å². The highest BCUT2D eigenvalue weighted by Gasteiger charge is 2.22. The van der Waals surface area contributed by atoms with E-state index in [1.165, 1.54) is 0 Å². The zero-order valence-electron chi connectivity index (χ0n) is 29.4. The van der Waals surface area contributed by atoms with E-state index in [9.17, 15) is 0 Å². The Morgan fingerprint density at radius 3 is 1.75 bits per heavy atom. The maximum absolute atomic E-state index is 7.01. The van der Waals surface area contributed by atoms with Gasteiger partial charge in [-0.15, -0.1) is 0 Å². The van der Waals surface area contributed by atoms with E-state index in [4.69, 9.17) is 18.8 Å². The molecule has 0 N–H and O–H groups in total. The van der Waals surface area contributed by atoms with Gasteiger partial charge in [-0.3, -0.25) is 4.57 Å². The summed E-state index contributed by atoms with van der Waals surface area (Å²) in [4.78, 5) is 10.4. The minimum absolute atomic E-state index is 0.623. The molecule has 55 heavy (non-hydrogen) atoms. The van der Waals surface area contributed by atoms with Gasteiger partial charge in [-0.05, 0) is 41.5 Å². The van der Waals surface area contributed by atoms with Crippen LogP contribution < -0.4 is 0 Å². The third-order valence-corrected chi connectivity index (χ3v) is 11.1. The molecular weight excluding hydrogens is 675 g/mol. The van der Waals surface area contributed by atoms with Crippen molar-refractivity contribution in [3.63, 3.8) is 0 Å². The van der Waals surface area contributed by atoms with Gasteiger partial charge in [0.2, 0.25) is 5.95 Å². The molecule has 0 atom stereocenters. The largest absolute Gasteiger partial charge is 0.455 e. The fraction of sp³-hybridized carbons (Fsp3) is 0. The molecule has 12 rings (SSSR count). The van der Waals surface area contributed by atoms with Crippen molar-refractivity contribution in [2.45, 2.75) is 0 Å². The van der Waals surface area contributed by atoms with Crippen LogP contribution in [0, 0.1) is 0 Å². The summed E-state index contributed by atoms with van der Waals surface area (Å²) in [6.45, 7) is 0. The van der Waals surface area contributed by atoms with Gasteiger partial charge in [0.15, 0.2) is 0 Å². The summed E-state index contributed by atoms with van der Waals surface area (Å²) >= 11 is 0. The lowest BCUT2D eigenvalue weighted by Crippen LogP contribution is -2.03. The molecule has 0 bridgehead atoms. The number of furan rings is 2. The van der Waals surface area contributed by atoms with Crippen molar-refractivity contribution in [1.29, 1.82) is 0 Å². The molecule has 12 aromatic rings. The Balaban J connectivity index is 1.04. The Hall–Kier alpha value is -7.50. The summed E-state index contributed by atoms with van der Waals surface area (Å²) in [5.41, 5.74) is 12.7. The zero-order chi connectivity index (χ0) is 36.0. The molecule has 0 amide bonds. The quantitative estimate of drug-likeness (QED) is 0.183. The first-order valence-electron chi connectivity index (χ1n) is 18.5. The van der Waals surface area contributed by atoms with Crippen LogP contribution >= 0.6 is 0 Å². The molecule has 0 spiro atoms. The van der Waals surface area contributed by atoms with E-state index < -0.39 is 0 Å². The maximum atomic E-state index is 7.01. The van der Waals surface area contributed by atoms with E-state index in [0.29, 0.717) is 5.95 Å². The highest BCUT2D eigenvalue weighted by molar-refractivity contribution is 6.24. The molecule has 5 heteroatoms. The lowest BCUT2D eigenvalue weighted by atomic mass is 9.97. The highest BCUT2D eigenvalue weighted by Crippen LogP contribution is 2.43. The van der Waals surface area contributed by atoms with Gasteiger partial charge in [-0.2, -0.15) is 0 Å². The third-order valence-electron chi connectivity index (χ3n) is 11.1. The summed E-state index contributed by atoms with van der Waals surface area (Å²) in [7, 11) is 0. The Morgan fingerprint density at radius 1 is 0.364 bits per heavy atom. The molecule has 8 aromatic carbocycles. The smallest absolute Gasteiger partial charge is 0.235 e. The van der Waals surface area contributed by atoms with Gasteiger partial charge in [0, 0.05) is 49.0 Å². The molecule has 0 aliphatic carbocycles. The van der Waals surface area contributed by atoms with Crippen LogP contribution in [0.4, 0.5) is 0 Å². The van der Waals surface area contributed by atoms with Crippen LogP contribution in [0.3, 0.4) is 0 Å². The van der Waals surface area contributed by atoms with Gasteiger partial charge in [0.1, 0.15) is 22.3 Å². The molecule has 0 saturated heterocycles. The van der Waals surface area contributed by atoms with Crippen LogP contribution in [0.25, 0.3) is 116 Å². The van der Waals surface area contributed by atoms with Crippen molar-refractivity contribution in [2.24, 2.45) is 0 Å². The standard InChI is InChI=1S/C50H29N3O2/c1-2-12-32(13-3-1)46-39-15-4-7-21-41(39)51-50(52-46)53-42-22-8-5-16-40(42)45-43(53)29-28-38-37-20-11-18-34(48(37)55-49(38)45)31-26-24-30(25-27-31)33-17-10-19-36-35-14-6-9-23-44(35)54-47(33)36/h1-29H. The number of benzene rings is 8. The molecule has 4 aromatic heterocycles. The minimum atomic E-state index is 0.623. The van der Waals surface area contributed by atoms with E-state index >= 15 is 0 Å². The first-order chi connectivity index (χ1) is 27.3. The lowest BCUT2D eigenvalue weighted by molar-refractivity contribution is 0.670. The number of nitrogens with zero attached hydrogens (tertiary/aromatic N) is 3. The fourth-order valence-corrected chi connectivity index (χ4v) is 8.53. The molecule has 0 aliphatic rings. The summed E-state index contributed by atoms with van der Waals surface area (Å²) in [5, 5.41) is 7.56. The molecule has 0 fully saturated rings. The summed E-state index contributed by atoms with van der Waals surface area (Å²) in [6.07, 6.45) is 0. The average molecular weight is 704 g/mol. The molecule has 0 unspecified atom stereocenters. The van der Waals surface area contributed by atoms with Gasteiger partial charge < -0.3 is 8.83 Å². The highest BCUT2D eigenvalue weighted by atomic mass is 16.3. The van der Waals surface area contributed by atoms with E-state index in [-0.39, 0.29) is 0 Å². The van der Waals surface area contributed by atoms with E-state index in [1.807, 2.05) is 30.3 Å². The Morgan fingerprint density at radius 2 is 0.964 bits per heavy atom. The van der Waals surface area contributed by atoms with Gasteiger partial charge in [0.25, 0.3) is 0 Å². The van der Waals surface area contributed by atoms with Crippen molar-refractivity contribution in [3.8, 4) is 39.5 Å². The SMILES string of the molecule is c1ccc(-c2nc(-n3c4ccccc4c4c5oc6c(-c7ccc(-c8cccc9c8oc8ccccc89)cc7)cccc6c5ccc43)nc3ccccc23)cc1. The predicted molar refractivity (Wildman–Crippen MR) is 225 cm³/mol. The molecule has 0 radical (unpaired) electrons. The first kappa shape index (κ1) is 30.0. The topological polar surface area (TPSA) is 57.0 Å². The van der Waals surface area contributed by atoms with Crippen LogP contribution in [0.1, 0.15) is 0 Å². The minimum Gasteiger partial charge on any atom is -0.455 e. The van der Waals surface area contributed by atoms with E-state index in [0.717, 1.165) is 110 Å². The van der Waals surface area contributed by atoms with Crippen molar-refractivity contribution in [2.75, 3.05) is 0 Å². The monoisotopic (exact) mass is 703 g/mol. The van der Waals surface area contributed by atoms with Crippen molar-refractivity contribution < 1.29 is 8.83 Å². The number of hydrogen-bond donors (Lipinski definition) is 0. The Bertz CT molecular complexity index is 3480. The number of para-hydroxylation sites is 5. The van der Waals surface area contributed by atoms with Crippen LogP contribution in [-0.4, -0.2) is 14.5 Å². The van der Waals surface area contributed by atoms with Crippen molar-refractivity contribution in [1.82, 2.24) is 14.5 Å². The van der Waals surface area contributed by atoms with Crippen molar-refractivity contribution in [3.05, 3.63) is 176 Å². The Kier molecular flexibility index (Phi) is 6.27. The molecule has 4 heterocycles. The second-order valence-electron chi connectivity index (χ2n) is 14.1.